The molecule has 7 heteroatoms. The molecule has 1 N–H and O–H groups in total. The number of amides is 1. The Hall–Kier alpha value is -3.61. The summed E-state index contributed by atoms with van der Waals surface area (Å²) in [4.78, 5) is 37.9. The van der Waals surface area contributed by atoms with Crippen molar-refractivity contribution in [2.75, 3.05) is 0 Å². The van der Waals surface area contributed by atoms with Gasteiger partial charge in [0.15, 0.2) is 0 Å². The molecule has 2 aromatic carbocycles. The van der Waals surface area contributed by atoms with E-state index < -0.39 is 29.3 Å². The molecule has 0 radical (unpaired) electrons. The maximum Gasteiger partial charge on any atom is 0.408 e. The fraction of sp³-hybridized carbons (Fsp3) is 0.393. The van der Waals surface area contributed by atoms with Crippen LogP contribution in [0.4, 0.5) is 4.79 Å². The minimum atomic E-state index is -0.869. The maximum atomic E-state index is 12.9. The molecule has 186 valence electrons. The van der Waals surface area contributed by atoms with Crippen LogP contribution >= 0.6 is 0 Å². The van der Waals surface area contributed by atoms with E-state index in [9.17, 15) is 14.4 Å². The van der Waals surface area contributed by atoms with Crippen molar-refractivity contribution in [2.24, 2.45) is 0 Å². The molecule has 0 saturated heterocycles. The minimum Gasteiger partial charge on any atom is -0.444 e. The lowest BCUT2D eigenvalue weighted by molar-refractivity contribution is -0.137. The second-order valence-electron chi connectivity index (χ2n) is 9.63. The highest BCUT2D eigenvalue weighted by Gasteiger charge is 2.26. The zero-order valence-electron chi connectivity index (χ0n) is 21.2. The average Bonchev–Trinajstić information content (AvgIpc) is 2.78. The van der Waals surface area contributed by atoms with Gasteiger partial charge in [-0.15, -0.1) is 0 Å². The quantitative estimate of drug-likeness (QED) is 0.269. The highest BCUT2D eigenvalue weighted by atomic mass is 16.6. The van der Waals surface area contributed by atoms with Crippen LogP contribution in [0.2, 0.25) is 0 Å². The third kappa shape index (κ3) is 6.50. The van der Waals surface area contributed by atoms with Gasteiger partial charge in [-0.05, 0) is 64.3 Å². The van der Waals surface area contributed by atoms with E-state index in [2.05, 4.69) is 5.32 Å². The van der Waals surface area contributed by atoms with Crippen molar-refractivity contribution in [2.45, 2.75) is 72.4 Å². The Bertz CT molecular complexity index is 1270. The van der Waals surface area contributed by atoms with E-state index in [4.69, 9.17) is 13.9 Å². The third-order valence-corrected chi connectivity index (χ3v) is 5.64. The monoisotopic (exact) mass is 479 g/mol. The number of rotatable bonds is 7. The van der Waals surface area contributed by atoms with Crippen LogP contribution < -0.4 is 15.7 Å². The summed E-state index contributed by atoms with van der Waals surface area (Å²) in [7, 11) is 0. The molecule has 3 aromatic rings. The van der Waals surface area contributed by atoms with Crippen molar-refractivity contribution in [3.05, 3.63) is 75.1 Å². The lowest BCUT2D eigenvalue weighted by Gasteiger charge is -2.23. The van der Waals surface area contributed by atoms with E-state index >= 15 is 0 Å². The fourth-order valence-corrected chi connectivity index (χ4v) is 3.85. The summed E-state index contributed by atoms with van der Waals surface area (Å²) in [6, 6.07) is 12.3. The van der Waals surface area contributed by atoms with Crippen LogP contribution in [0.5, 0.6) is 5.75 Å². The van der Waals surface area contributed by atoms with Gasteiger partial charge in [-0.3, -0.25) is 0 Å². The van der Waals surface area contributed by atoms with E-state index in [1.807, 2.05) is 44.2 Å². The predicted molar refractivity (Wildman–Crippen MR) is 135 cm³/mol. The number of esters is 1. The normalized spacial score (nSPS) is 12.3. The Labute approximate surface area is 205 Å². The van der Waals surface area contributed by atoms with Gasteiger partial charge in [0.2, 0.25) is 0 Å². The molecule has 1 amide bonds. The zero-order chi connectivity index (χ0) is 25.8. The van der Waals surface area contributed by atoms with Gasteiger partial charge in [-0.2, -0.15) is 0 Å². The molecular weight excluding hydrogens is 446 g/mol. The Balaban J connectivity index is 1.87. The first-order valence-corrected chi connectivity index (χ1v) is 11.8. The molecule has 0 aliphatic rings. The first-order valence-electron chi connectivity index (χ1n) is 11.8. The lowest BCUT2D eigenvalue weighted by Crippen LogP contribution is -2.45. The Morgan fingerprint density at radius 3 is 2.34 bits per heavy atom. The molecule has 0 bridgehead atoms. The van der Waals surface area contributed by atoms with Gasteiger partial charge in [0.1, 0.15) is 23.0 Å². The predicted octanol–water partition coefficient (Wildman–Crippen LogP) is 5.60. The number of hydrogen-bond donors (Lipinski definition) is 1. The molecule has 0 aliphatic carbocycles. The van der Waals surface area contributed by atoms with Crippen LogP contribution in [0, 0.1) is 13.8 Å². The SMILES string of the molecule is CCC[C@@H](NC(=O)OC(C)(C)C)C(=O)Oc1ccc2c(C)c(Cc3ccccc3)c(=O)oc2c1C. The Kier molecular flexibility index (Phi) is 7.99. The van der Waals surface area contributed by atoms with Crippen LogP contribution in [0.15, 0.2) is 51.7 Å². The number of benzene rings is 2. The molecule has 0 aliphatic heterocycles. The van der Waals surface area contributed by atoms with Crippen molar-refractivity contribution >= 4 is 23.0 Å². The van der Waals surface area contributed by atoms with E-state index in [0.717, 1.165) is 16.5 Å². The van der Waals surface area contributed by atoms with Crippen molar-refractivity contribution in [1.29, 1.82) is 0 Å². The summed E-state index contributed by atoms with van der Waals surface area (Å²) in [5, 5.41) is 3.37. The number of ether oxygens (including phenoxy) is 2. The first kappa shape index (κ1) is 26.0. The zero-order valence-corrected chi connectivity index (χ0v) is 21.2. The highest BCUT2D eigenvalue weighted by molar-refractivity contribution is 5.88. The number of alkyl carbamates (subject to hydrolysis) is 1. The van der Waals surface area contributed by atoms with Gasteiger partial charge in [-0.1, -0.05) is 43.7 Å². The van der Waals surface area contributed by atoms with Crippen molar-refractivity contribution in [1.82, 2.24) is 5.32 Å². The number of nitrogens with one attached hydrogen (secondary N) is 1. The topological polar surface area (TPSA) is 94.8 Å². The number of hydrogen-bond acceptors (Lipinski definition) is 6. The molecule has 1 heterocycles. The molecule has 1 atom stereocenters. The molecule has 0 saturated carbocycles. The maximum absolute atomic E-state index is 12.9. The fourth-order valence-electron chi connectivity index (χ4n) is 3.85. The van der Waals surface area contributed by atoms with Gasteiger partial charge >= 0.3 is 17.7 Å². The van der Waals surface area contributed by atoms with Gasteiger partial charge in [-0.25, -0.2) is 14.4 Å². The molecule has 1 aromatic heterocycles. The second-order valence-corrected chi connectivity index (χ2v) is 9.63. The first-order chi connectivity index (χ1) is 16.5. The average molecular weight is 480 g/mol. The largest absolute Gasteiger partial charge is 0.444 e. The van der Waals surface area contributed by atoms with Gasteiger partial charge in [0.25, 0.3) is 0 Å². The molecule has 0 unspecified atom stereocenters. The van der Waals surface area contributed by atoms with Gasteiger partial charge in [0, 0.05) is 22.9 Å². The van der Waals surface area contributed by atoms with Crippen molar-refractivity contribution in [3.8, 4) is 5.75 Å². The molecule has 35 heavy (non-hydrogen) atoms. The molecular formula is C28H33NO6. The van der Waals surface area contributed by atoms with Crippen LogP contribution in [-0.4, -0.2) is 23.7 Å². The second kappa shape index (κ2) is 10.8. The van der Waals surface area contributed by atoms with Crippen LogP contribution in [-0.2, 0) is 16.0 Å². The van der Waals surface area contributed by atoms with E-state index in [1.54, 1.807) is 39.8 Å². The van der Waals surface area contributed by atoms with Crippen molar-refractivity contribution in [3.63, 3.8) is 0 Å². The summed E-state index contributed by atoms with van der Waals surface area (Å²) < 4.78 is 16.6. The number of fused-ring (bicyclic) bond motifs is 1. The van der Waals surface area contributed by atoms with Crippen LogP contribution in [0.1, 0.15) is 62.8 Å². The summed E-state index contributed by atoms with van der Waals surface area (Å²) in [5.41, 5.74) is 2.25. The van der Waals surface area contributed by atoms with Gasteiger partial charge < -0.3 is 19.2 Å². The minimum absolute atomic E-state index is 0.271. The van der Waals surface area contributed by atoms with E-state index in [0.29, 0.717) is 36.0 Å². The smallest absolute Gasteiger partial charge is 0.408 e. The molecule has 7 nitrogen and oxygen atoms in total. The molecule has 0 spiro atoms. The molecule has 3 rings (SSSR count). The summed E-state index contributed by atoms with van der Waals surface area (Å²) in [6.07, 6.45) is 0.831. The number of carbonyl (C=O) groups is 2. The summed E-state index contributed by atoms with van der Waals surface area (Å²) in [5.74, 6) is -0.340. The lowest BCUT2D eigenvalue weighted by atomic mass is 9.98. The number of carbonyl (C=O) groups excluding carboxylic acids is 2. The Morgan fingerprint density at radius 2 is 1.71 bits per heavy atom. The van der Waals surface area contributed by atoms with Crippen molar-refractivity contribution < 1.29 is 23.5 Å². The highest BCUT2D eigenvalue weighted by Crippen LogP contribution is 2.30. The van der Waals surface area contributed by atoms with E-state index in [-0.39, 0.29) is 5.75 Å². The van der Waals surface area contributed by atoms with Gasteiger partial charge in [0.05, 0.1) is 0 Å². The summed E-state index contributed by atoms with van der Waals surface area (Å²) >= 11 is 0. The summed E-state index contributed by atoms with van der Waals surface area (Å²) in [6.45, 7) is 10.8. The van der Waals surface area contributed by atoms with E-state index in [1.165, 1.54) is 0 Å². The number of aryl methyl sites for hydroxylation is 2. The Morgan fingerprint density at radius 1 is 1.03 bits per heavy atom. The standard InChI is InChI=1S/C28H33NO6/c1-7-11-22(29-27(32)35-28(4,5)6)26(31)33-23-15-14-20-17(2)21(16-19-12-9-8-10-13-19)25(30)34-24(20)18(23)3/h8-10,12-15,22H,7,11,16H2,1-6H3,(H,29,32)/t22-/m1/s1. The van der Waals surface area contributed by atoms with Crippen LogP contribution in [0.25, 0.3) is 11.0 Å². The van der Waals surface area contributed by atoms with Crippen LogP contribution in [0.3, 0.4) is 0 Å². The third-order valence-electron chi connectivity index (χ3n) is 5.64. The molecule has 0 fully saturated rings.